The monoisotopic (exact) mass is 217 g/mol. The normalized spacial score (nSPS) is 10.6. The highest BCUT2D eigenvalue weighted by atomic mass is 16.5. The van der Waals surface area contributed by atoms with Crippen molar-refractivity contribution >= 4 is 16.9 Å². The number of hydrogen-bond donors (Lipinski definition) is 0. The third-order valence-corrected chi connectivity index (χ3v) is 2.54. The fourth-order valence-corrected chi connectivity index (χ4v) is 1.76. The number of carbonyl (C=O) groups excluding carboxylic acids is 1. The summed E-state index contributed by atoms with van der Waals surface area (Å²) in [6.45, 7) is 1.96. The van der Waals surface area contributed by atoms with Crippen LogP contribution in [0.3, 0.4) is 0 Å². The molecule has 0 N–H and O–H groups in total. The molecule has 0 unspecified atom stereocenters. The number of esters is 1. The molecule has 0 aliphatic rings. The Bertz CT molecular complexity index is 514. The second kappa shape index (κ2) is 4.39. The Morgan fingerprint density at radius 3 is 2.88 bits per heavy atom. The number of aryl methyl sites for hydroxylation is 1. The van der Waals surface area contributed by atoms with Gasteiger partial charge in [0.25, 0.3) is 0 Å². The number of para-hydroxylation sites is 1. The van der Waals surface area contributed by atoms with Crippen molar-refractivity contribution in [1.82, 2.24) is 4.57 Å². The zero-order chi connectivity index (χ0) is 11.5. The summed E-state index contributed by atoms with van der Waals surface area (Å²) in [6.07, 6.45) is 3.12. The summed E-state index contributed by atoms with van der Waals surface area (Å²) < 4.78 is 7.29. The lowest BCUT2D eigenvalue weighted by Gasteiger charge is -2.00. The Morgan fingerprint density at radius 2 is 2.12 bits per heavy atom. The Balaban J connectivity index is 2.34. The van der Waals surface area contributed by atoms with Crippen molar-refractivity contribution in [3.8, 4) is 5.75 Å². The molecule has 16 heavy (non-hydrogen) atoms. The van der Waals surface area contributed by atoms with E-state index in [2.05, 4.69) is 0 Å². The van der Waals surface area contributed by atoms with E-state index in [-0.39, 0.29) is 5.97 Å². The molecule has 1 aromatic heterocycles. The maximum absolute atomic E-state index is 11.4. The lowest BCUT2D eigenvalue weighted by atomic mass is 10.2. The minimum absolute atomic E-state index is 0.168. The summed E-state index contributed by atoms with van der Waals surface area (Å²) in [5.74, 6) is 0.482. The molecule has 2 rings (SSSR count). The summed E-state index contributed by atoms with van der Waals surface area (Å²) in [5.41, 5.74) is 1.07. The second-order valence-electron chi connectivity index (χ2n) is 3.85. The molecule has 0 fully saturated rings. The van der Waals surface area contributed by atoms with Gasteiger partial charge in [0.05, 0.1) is 5.52 Å². The molecule has 0 spiro atoms. The smallest absolute Gasteiger partial charge is 0.311 e. The molecule has 2 aromatic rings. The van der Waals surface area contributed by atoms with Crippen LogP contribution in [-0.4, -0.2) is 10.5 Å². The average molecular weight is 217 g/mol. The van der Waals surface area contributed by atoms with Crippen LogP contribution in [0.15, 0.2) is 30.5 Å². The number of carbonyl (C=O) groups is 1. The summed E-state index contributed by atoms with van der Waals surface area (Å²) in [7, 11) is 1.94. The van der Waals surface area contributed by atoms with Crippen LogP contribution in [0.5, 0.6) is 5.75 Å². The molecule has 0 amide bonds. The van der Waals surface area contributed by atoms with Gasteiger partial charge in [0.2, 0.25) is 0 Å². The maximum Gasteiger partial charge on any atom is 0.311 e. The molecule has 0 radical (unpaired) electrons. The highest BCUT2D eigenvalue weighted by Crippen LogP contribution is 2.27. The first kappa shape index (κ1) is 10.7. The molecule has 1 aromatic carbocycles. The van der Waals surface area contributed by atoms with E-state index >= 15 is 0 Å². The van der Waals surface area contributed by atoms with Crippen LogP contribution in [0, 0.1) is 0 Å². The third-order valence-electron chi connectivity index (χ3n) is 2.54. The van der Waals surface area contributed by atoms with Crippen molar-refractivity contribution in [3.05, 3.63) is 30.5 Å². The predicted molar refractivity (Wildman–Crippen MR) is 63.5 cm³/mol. The van der Waals surface area contributed by atoms with Crippen LogP contribution in [-0.2, 0) is 11.8 Å². The molecule has 0 atom stereocenters. The number of rotatable bonds is 3. The maximum atomic E-state index is 11.4. The van der Waals surface area contributed by atoms with Crippen molar-refractivity contribution in [2.24, 2.45) is 7.05 Å². The Hall–Kier alpha value is -1.77. The van der Waals surface area contributed by atoms with E-state index < -0.39 is 0 Å². The van der Waals surface area contributed by atoms with Gasteiger partial charge in [-0.25, -0.2) is 0 Å². The van der Waals surface area contributed by atoms with E-state index in [1.807, 2.05) is 49.0 Å². The molecule has 0 saturated carbocycles. The first-order valence-electron chi connectivity index (χ1n) is 5.47. The Kier molecular flexibility index (Phi) is 2.95. The SMILES string of the molecule is CCCC(=O)Oc1cn(C)c2ccccc12. The minimum atomic E-state index is -0.168. The summed E-state index contributed by atoms with van der Waals surface area (Å²) in [6, 6.07) is 7.88. The molecule has 0 bridgehead atoms. The zero-order valence-corrected chi connectivity index (χ0v) is 9.56. The van der Waals surface area contributed by atoms with Gasteiger partial charge in [0, 0.05) is 25.1 Å². The molecule has 0 aliphatic carbocycles. The van der Waals surface area contributed by atoms with Gasteiger partial charge in [-0.15, -0.1) is 0 Å². The van der Waals surface area contributed by atoms with E-state index in [1.165, 1.54) is 0 Å². The number of nitrogens with zero attached hydrogens (tertiary/aromatic N) is 1. The first-order chi connectivity index (χ1) is 7.72. The van der Waals surface area contributed by atoms with Crippen LogP contribution in [0.25, 0.3) is 10.9 Å². The van der Waals surface area contributed by atoms with Crippen molar-refractivity contribution in [3.63, 3.8) is 0 Å². The zero-order valence-electron chi connectivity index (χ0n) is 9.56. The van der Waals surface area contributed by atoms with E-state index in [1.54, 1.807) is 0 Å². The number of benzene rings is 1. The molecule has 3 heteroatoms. The number of ether oxygens (including phenoxy) is 1. The van der Waals surface area contributed by atoms with Crippen molar-refractivity contribution in [1.29, 1.82) is 0 Å². The van der Waals surface area contributed by atoms with Crippen LogP contribution in [0.2, 0.25) is 0 Å². The van der Waals surface area contributed by atoms with E-state index in [0.29, 0.717) is 12.2 Å². The fourth-order valence-electron chi connectivity index (χ4n) is 1.76. The van der Waals surface area contributed by atoms with Crippen molar-refractivity contribution < 1.29 is 9.53 Å². The van der Waals surface area contributed by atoms with Gasteiger partial charge in [0.1, 0.15) is 0 Å². The average Bonchev–Trinajstić information content (AvgIpc) is 2.57. The quantitative estimate of drug-likeness (QED) is 0.740. The number of hydrogen-bond acceptors (Lipinski definition) is 2. The van der Waals surface area contributed by atoms with Gasteiger partial charge in [0.15, 0.2) is 5.75 Å². The Labute approximate surface area is 94.6 Å². The van der Waals surface area contributed by atoms with Crippen LogP contribution < -0.4 is 4.74 Å². The van der Waals surface area contributed by atoms with Crippen LogP contribution in [0.4, 0.5) is 0 Å². The van der Waals surface area contributed by atoms with Gasteiger partial charge in [-0.1, -0.05) is 19.1 Å². The molecule has 0 saturated heterocycles. The van der Waals surface area contributed by atoms with Gasteiger partial charge < -0.3 is 9.30 Å². The van der Waals surface area contributed by atoms with Gasteiger partial charge in [-0.2, -0.15) is 0 Å². The van der Waals surface area contributed by atoms with Crippen LogP contribution in [0.1, 0.15) is 19.8 Å². The third kappa shape index (κ3) is 1.94. The molecule has 1 heterocycles. The second-order valence-corrected chi connectivity index (χ2v) is 3.85. The van der Waals surface area contributed by atoms with E-state index in [9.17, 15) is 4.79 Å². The summed E-state index contributed by atoms with van der Waals surface area (Å²) in [4.78, 5) is 11.4. The summed E-state index contributed by atoms with van der Waals surface area (Å²) in [5, 5.41) is 0.981. The van der Waals surface area contributed by atoms with E-state index in [0.717, 1.165) is 17.3 Å². The highest BCUT2D eigenvalue weighted by Gasteiger charge is 2.10. The van der Waals surface area contributed by atoms with Gasteiger partial charge in [-0.05, 0) is 18.6 Å². The fraction of sp³-hybridized carbons (Fsp3) is 0.308. The lowest BCUT2D eigenvalue weighted by Crippen LogP contribution is -2.06. The van der Waals surface area contributed by atoms with Crippen molar-refractivity contribution in [2.45, 2.75) is 19.8 Å². The predicted octanol–water partition coefficient (Wildman–Crippen LogP) is 2.88. The highest BCUT2D eigenvalue weighted by molar-refractivity contribution is 5.89. The Morgan fingerprint density at radius 1 is 1.38 bits per heavy atom. The van der Waals surface area contributed by atoms with Gasteiger partial charge in [-0.3, -0.25) is 4.79 Å². The van der Waals surface area contributed by atoms with E-state index in [4.69, 9.17) is 4.74 Å². The molecular weight excluding hydrogens is 202 g/mol. The lowest BCUT2D eigenvalue weighted by molar-refractivity contribution is -0.134. The largest absolute Gasteiger partial charge is 0.424 e. The molecule has 3 nitrogen and oxygen atoms in total. The topological polar surface area (TPSA) is 31.2 Å². The standard InChI is InChI=1S/C13H15NO2/c1-3-6-13(15)16-12-9-14(2)11-8-5-4-7-10(11)12/h4-5,7-9H,3,6H2,1-2H3. The van der Waals surface area contributed by atoms with Crippen LogP contribution >= 0.6 is 0 Å². The molecule has 84 valence electrons. The van der Waals surface area contributed by atoms with Gasteiger partial charge >= 0.3 is 5.97 Å². The molecule has 0 aliphatic heterocycles. The minimum Gasteiger partial charge on any atom is -0.424 e. The first-order valence-corrected chi connectivity index (χ1v) is 5.47. The van der Waals surface area contributed by atoms with Crippen molar-refractivity contribution in [2.75, 3.05) is 0 Å². The number of fused-ring (bicyclic) bond motifs is 1. The molecular formula is C13H15NO2. The summed E-state index contributed by atoms with van der Waals surface area (Å²) >= 11 is 0. The number of aromatic nitrogens is 1.